The third kappa shape index (κ3) is 5.92. The summed E-state index contributed by atoms with van der Waals surface area (Å²) in [6, 6.07) is 0. The van der Waals surface area contributed by atoms with Crippen molar-refractivity contribution in [2.75, 3.05) is 0 Å². The number of hydrogen-bond acceptors (Lipinski definition) is 9. The van der Waals surface area contributed by atoms with E-state index in [1.165, 1.54) is 6.42 Å². The van der Waals surface area contributed by atoms with Gasteiger partial charge in [-0.05, 0) is 172 Å². The average Bonchev–Trinajstić information content (AvgIpc) is 3.73. The van der Waals surface area contributed by atoms with Gasteiger partial charge >= 0.3 is 23.9 Å². The number of carbonyl (C=O) groups excluding carboxylic acids is 4. The molecule has 1 heterocycles. The summed E-state index contributed by atoms with van der Waals surface area (Å²) in [5, 5.41) is 11.4. The molecule has 9 atom stereocenters. The van der Waals surface area contributed by atoms with Gasteiger partial charge in [0, 0.05) is 18.3 Å². The van der Waals surface area contributed by atoms with Crippen molar-refractivity contribution in [3.05, 3.63) is 0 Å². The first kappa shape index (κ1) is 36.5. The second-order valence-corrected chi connectivity index (χ2v) is 22.0. The molecule has 0 radical (unpaired) electrons. The van der Waals surface area contributed by atoms with Crippen molar-refractivity contribution >= 4 is 23.9 Å². The fraction of sp³-hybridized carbons (Fsp3) is 0.909. The van der Waals surface area contributed by atoms with Crippen LogP contribution in [0, 0.1) is 69.5 Å². The maximum Gasteiger partial charge on any atom is 0.312 e. The SMILES string of the molecule is CCC(C)(CC(C)(CC(C)(C)C(=O)OC1(C)C2CC3CC(C2)CC1C3)C(=O)OC1CC2CC1C1OC(=O)CC21)C(=O)OC12CC3CC(CC(O)(C3)C1)C2. The first-order chi connectivity index (χ1) is 24.8. The third-order valence-corrected chi connectivity index (χ3v) is 17.3. The van der Waals surface area contributed by atoms with Crippen LogP contribution in [0.4, 0.5) is 0 Å². The van der Waals surface area contributed by atoms with E-state index in [4.69, 9.17) is 18.9 Å². The summed E-state index contributed by atoms with van der Waals surface area (Å²) in [4.78, 5) is 56.0. The van der Waals surface area contributed by atoms with Crippen LogP contribution in [-0.4, -0.2) is 58.0 Å². The molecule has 0 spiro atoms. The zero-order chi connectivity index (χ0) is 37.5. The lowest BCUT2D eigenvalue weighted by molar-refractivity contribution is -0.227. The summed E-state index contributed by atoms with van der Waals surface area (Å²) in [5.41, 5.74) is -5.22. The maximum absolute atomic E-state index is 14.8. The lowest BCUT2D eigenvalue weighted by Crippen LogP contribution is -2.61. The normalized spacial score (nSPS) is 47.8. The predicted molar refractivity (Wildman–Crippen MR) is 194 cm³/mol. The van der Waals surface area contributed by atoms with Crippen molar-refractivity contribution in [2.45, 2.75) is 180 Å². The summed E-state index contributed by atoms with van der Waals surface area (Å²) in [7, 11) is 0. The van der Waals surface area contributed by atoms with Gasteiger partial charge < -0.3 is 24.1 Å². The van der Waals surface area contributed by atoms with E-state index < -0.39 is 39.0 Å². The highest BCUT2D eigenvalue weighted by atomic mass is 16.6. The van der Waals surface area contributed by atoms with Crippen molar-refractivity contribution in [3.8, 4) is 0 Å². The van der Waals surface area contributed by atoms with Gasteiger partial charge in [-0.2, -0.15) is 0 Å². The van der Waals surface area contributed by atoms with Crippen LogP contribution < -0.4 is 0 Å². The molecule has 0 amide bonds. The van der Waals surface area contributed by atoms with Gasteiger partial charge in [0.1, 0.15) is 23.4 Å². The molecular formula is C44H64O9. The first-order valence-electron chi connectivity index (χ1n) is 21.4. The van der Waals surface area contributed by atoms with Gasteiger partial charge in [0.2, 0.25) is 0 Å². The monoisotopic (exact) mass is 736 g/mol. The van der Waals surface area contributed by atoms with Gasteiger partial charge in [-0.3, -0.25) is 19.2 Å². The Kier molecular flexibility index (Phi) is 8.21. The molecule has 0 aromatic carbocycles. The van der Waals surface area contributed by atoms with E-state index >= 15 is 0 Å². The maximum atomic E-state index is 14.8. The van der Waals surface area contributed by atoms with E-state index in [1.54, 1.807) is 0 Å². The van der Waals surface area contributed by atoms with Crippen molar-refractivity contribution in [1.82, 2.24) is 0 Å². The largest absolute Gasteiger partial charge is 0.462 e. The fourth-order valence-corrected chi connectivity index (χ4v) is 15.3. The molecule has 9 unspecified atom stereocenters. The van der Waals surface area contributed by atoms with Crippen LogP contribution in [0.15, 0.2) is 0 Å². The van der Waals surface area contributed by atoms with E-state index in [2.05, 4.69) is 6.92 Å². The van der Waals surface area contributed by atoms with Gasteiger partial charge in [-0.15, -0.1) is 0 Å². The number of esters is 4. The quantitative estimate of drug-likeness (QED) is 0.170. The minimum Gasteiger partial charge on any atom is -0.462 e. The highest BCUT2D eigenvalue weighted by molar-refractivity contribution is 5.83. The molecule has 11 aliphatic rings. The molecule has 53 heavy (non-hydrogen) atoms. The molecule has 10 saturated carbocycles. The molecular weight excluding hydrogens is 672 g/mol. The Labute approximate surface area is 315 Å². The van der Waals surface area contributed by atoms with Crippen molar-refractivity contribution in [3.63, 3.8) is 0 Å². The smallest absolute Gasteiger partial charge is 0.312 e. The number of hydrogen-bond donors (Lipinski definition) is 1. The Hall–Kier alpha value is -2.16. The van der Waals surface area contributed by atoms with Crippen molar-refractivity contribution in [2.24, 2.45) is 69.5 Å². The lowest BCUT2D eigenvalue weighted by Gasteiger charge is -2.59. The van der Waals surface area contributed by atoms with Gasteiger partial charge in [0.25, 0.3) is 0 Å². The molecule has 1 aliphatic heterocycles. The van der Waals surface area contributed by atoms with E-state index in [0.29, 0.717) is 55.3 Å². The van der Waals surface area contributed by atoms with Crippen molar-refractivity contribution < 1.29 is 43.2 Å². The first-order valence-corrected chi connectivity index (χ1v) is 21.4. The second-order valence-electron chi connectivity index (χ2n) is 22.0. The topological polar surface area (TPSA) is 125 Å². The molecule has 294 valence electrons. The number of carbonyl (C=O) groups is 4. The van der Waals surface area contributed by atoms with Crippen molar-refractivity contribution in [1.29, 1.82) is 0 Å². The van der Waals surface area contributed by atoms with E-state index in [9.17, 15) is 24.3 Å². The Morgan fingerprint density at radius 1 is 0.755 bits per heavy atom. The molecule has 10 aliphatic carbocycles. The number of ether oxygens (including phenoxy) is 4. The van der Waals surface area contributed by atoms with E-state index in [0.717, 1.165) is 76.0 Å². The van der Waals surface area contributed by atoms with Crippen LogP contribution in [0.5, 0.6) is 0 Å². The minimum absolute atomic E-state index is 0.0242. The summed E-state index contributed by atoms with van der Waals surface area (Å²) in [5.74, 6) is 2.27. The van der Waals surface area contributed by atoms with Gasteiger partial charge in [0.15, 0.2) is 0 Å². The number of aliphatic hydroxyl groups is 1. The van der Waals surface area contributed by atoms with Crippen LogP contribution in [0.1, 0.15) is 151 Å². The molecule has 0 aromatic heterocycles. The molecule has 11 fully saturated rings. The van der Waals surface area contributed by atoms with E-state index in [1.807, 2.05) is 34.6 Å². The minimum atomic E-state index is -1.22. The van der Waals surface area contributed by atoms with Crippen LogP contribution >= 0.6 is 0 Å². The average molecular weight is 737 g/mol. The highest BCUT2D eigenvalue weighted by Gasteiger charge is 2.63. The fourth-order valence-electron chi connectivity index (χ4n) is 15.3. The number of fused-ring (bicyclic) bond motifs is 5. The Bertz CT molecular complexity index is 1520. The van der Waals surface area contributed by atoms with Gasteiger partial charge in [-0.25, -0.2) is 0 Å². The predicted octanol–water partition coefficient (Wildman–Crippen LogP) is 7.48. The zero-order valence-electron chi connectivity index (χ0n) is 33.1. The molecule has 10 bridgehead atoms. The molecule has 0 aromatic rings. The van der Waals surface area contributed by atoms with Gasteiger partial charge in [-0.1, -0.05) is 6.92 Å². The van der Waals surface area contributed by atoms with Crippen LogP contribution in [-0.2, 0) is 38.1 Å². The van der Waals surface area contributed by atoms with Crippen LogP contribution in [0.25, 0.3) is 0 Å². The summed E-state index contributed by atoms with van der Waals surface area (Å²) < 4.78 is 25.4. The molecule has 1 saturated heterocycles. The summed E-state index contributed by atoms with van der Waals surface area (Å²) in [6.45, 7) is 11.7. The molecule has 9 nitrogen and oxygen atoms in total. The Balaban J connectivity index is 0.965. The van der Waals surface area contributed by atoms with Crippen LogP contribution in [0.2, 0.25) is 0 Å². The summed E-state index contributed by atoms with van der Waals surface area (Å²) in [6.07, 6.45) is 12.8. The van der Waals surface area contributed by atoms with Gasteiger partial charge in [0.05, 0.1) is 28.3 Å². The Morgan fingerprint density at radius 2 is 1.38 bits per heavy atom. The highest BCUT2D eigenvalue weighted by Crippen LogP contribution is 2.62. The molecule has 1 N–H and O–H groups in total. The van der Waals surface area contributed by atoms with E-state index in [-0.39, 0.29) is 54.8 Å². The Morgan fingerprint density at radius 3 is 1.98 bits per heavy atom. The lowest BCUT2D eigenvalue weighted by atomic mass is 9.50. The second kappa shape index (κ2) is 11.9. The summed E-state index contributed by atoms with van der Waals surface area (Å²) >= 11 is 0. The standard InChI is InChI=1S/C44H64O9/c1-7-40(4,38(48)53-44-19-26-9-27(20-44)18-43(49,17-26)23-44)22-41(5,37(47)50-33-15-28-14-32(33)35-31(28)16-34(45)51-35)21-39(2,3)36(46)52-42(6)29-10-24-8-25(12-29)13-30(42)11-24/h24-33,35,49H,7-23H2,1-6H3. The zero-order valence-corrected chi connectivity index (χ0v) is 33.1. The number of rotatable bonds is 11. The third-order valence-electron chi connectivity index (χ3n) is 17.3. The molecule has 9 heteroatoms. The molecule has 11 rings (SSSR count). The van der Waals surface area contributed by atoms with Crippen LogP contribution in [0.3, 0.4) is 0 Å².